The monoisotopic (exact) mass is 386 g/mol. The molecule has 1 aromatic carbocycles. The second-order valence-electron chi connectivity index (χ2n) is 7.11. The average molecular weight is 387 g/mol. The smallest absolute Gasteiger partial charge is 0.162 e. The van der Waals surface area contributed by atoms with Gasteiger partial charge in [0.1, 0.15) is 10.8 Å². The molecule has 0 saturated carbocycles. The van der Waals surface area contributed by atoms with Crippen LogP contribution in [-0.4, -0.2) is 59.7 Å². The zero-order valence-corrected chi connectivity index (χ0v) is 16.3. The van der Waals surface area contributed by atoms with Gasteiger partial charge < -0.3 is 21.1 Å². The Bertz CT molecular complexity index is 789. The standard InChI is InChI=1S/C19H26N6OS/c1-23-9-14(8-20)13-3-4-15(16(26)7-13)17(21)27-18(22)25-11-19(12-25)5-2-6-24-10-19/h3-4,7-9,21-22,24,26H,2,5-6,10-12,20H2,1H3. The van der Waals surface area contributed by atoms with E-state index in [0.717, 1.165) is 43.5 Å². The maximum Gasteiger partial charge on any atom is 0.162 e. The van der Waals surface area contributed by atoms with Crippen molar-refractivity contribution in [1.29, 1.82) is 10.8 Å². The van der Waals surface area contributed by atoms with Crippen LogP contribution in [-0.2, 0) is 0 Å². The van der Waals surface area contributed by atoms with E-state index in [1.165, 1.54) is 19.0 Å². The van der Waals surface area contributed by atoms with Gasteiger partial charge in [-0.3, -0.25) is 15.8 Å². The molecule has 144 valence electrons. The lowest BCUT2D eigenvalue weighted by atomic mass is 9.74. The first-order chi connectivity index (χ1) is 13.0. The summed E-state index contributed by atoms with van der Waals surface area (Å²) in [5.41, 5.74) is 7.73. The molecule has 2 saturated heterocycles. The molecule has 0 bridgehead atoms. The van der Waals surface area contributed by atoms with Crippen LogP contribution in [0.25, 0.3) is 5.57 Å². The average Bonchev–Trinajstić information content (AvgIpc) is 2.64. The first kappa shape index (κ1) is 19.4. The van der Waals surface area contributed by atoms with Crippen LogP contribution in [0, 0.1) is 16.2 Å². The highest BCUT2D eigenvalue weighted by molar-refractivity contribution is 8.26. The molecular weight excluding hydrogens is 360 g/mol. The van der Waals surface area contributed by atoms with E-state index >= 15 is 0 Å². The first-order valence-corrected chi connectivity index (χ1v) is 9.78. The minimum absolute atomic E-state index is 0.00165. The van der Waals surface area contributed by atoms with Crippen molar-refractivity contribution in [1.82, 2.24) is 10.2 Å². The van der Waals surface area contributed by atoms with Crippen LogP contribution in [0.15, 0.2) is 29.4 Å². The van der Waals surface area contributed by atoms with Gasteiger partial charge in [-0.15, -0.1) is 0 Å². The number of hydrogen-bond donors (Lipinski definition) is 5. The van der Waals surface area contributed by atoms with Crippen molar-refractivity contribution >= 4 is 33.8 Å². The van der Waals surface area contributed by atoms with Gasteiger partial charge in [-0.05, 0) is 48.8 Å². The Morgan fingerprint density at radius 3 is 2.78 bits per heavy atom. The molecule has 1 spiro atoms. The Hall–Kier alpha value is -2.32. The summed E-state index contributed by atoms with van der Waals surface area (Å²) in [5.74, 6) is -0.00165. The van der Waals surface area contributed by atoms with Crippen molar-refractivity contribution in [2.45, 2.75) is 12.8 Å². The Labute approximate surface area is 163 Å². The highest BCUT2D eigenvalue weighted by atomic mass is 32.2. The molecule has 2 aliphatic rings. The zero-order valence-electron chi connectivity index (χ0n) is 15.5. The number of rotatable bonds is 3. The molecule has 27 heavy (non-hydrogen) atoms. The van der Waals surface area contributed by atoms with E-state index in [-0.39, 0.29) is 10.8 Å². The number of allylic oxidation sites excluding steroid dienone is 1. The number of nitrogens with one attached hydrogen (secondary N) is 3. The number of aromatic hydroxyl groups is 1. The van der Waals surface area contributed by atoms with Crippen molar-refractivity contribution < 1.29 is 5.11 Å². The van der Waals surface area contributed by atoms with Crippen molar-refractivity contribution in [2.24, 2.45) is 16.1 Å². The van der Waals surface area contributed by atoms with E-state index in [0.29, 0.717) is 21.7 Å². The first-order valence-electron chi connectivity index (χ1n) is 8.96. The number of amidine groups is 1. The summed E-state index contributed by atoms with van der Waals surface area (Å²) in [4.78, 5) is 5.95. The predicted octanol–water partition coefficient (Wildman–Crippen LogP) is 2.07. The van der Waals surface area contributed by atoms with E-state index in [1.807, 2.05) is 4.90 Å². The number of phenols is 1. The van der Waals surface area contributed by atoms with Crippen LogP contribution in [0.1, 0.15) is 24.0 Å². The van der Waals surface area contributed by atoms with E-state index in [1.54, 1.807) is 31.5 Å². The summed E-state index contributed by atoms with van der Waals surface area (Å²) < 4.78 is 0. The zero-order chi connectivity index (χ0) is 19.4. The fourth-order valence-corrected chi connectivity index (χ4v) is 4.41. The third kappa shape index (κ3) is 4.17. The second kappa shape index (κ2) is 8.14. The largest absolute Gasteiger partial charge is 0.507 e. The lowest BCUT2D eigenvalue weighted by Gasteiger charge is -2.53. The summed E-state index contributed by atoms with van der Waals surface area (Å²) in [6.07, 6.45) is 5.43. The number of piperidine rings is 1. The van der Waals surface area contributed by atoms with Gasteiger partial charge in [0, 0.05) is 55.6 Å². The van der Waals surface area contributed by atoms with Gasteiger partial charge in [-0.25, -0.2) is 0 Å². The maximum atomic E-state index is 10.3. The molecule has 6 N–H and O–H groups in total. The summed E-state index contributed by atoms with van der Waals surface area (Å²) in [6, 6.07) is 5.05. The van der Waals surface area contributed by atoms with Crippen LogP contribution in [0.2, 0.25) is 0 Å². The van der Waals surface area contributed by atoms with E-state index < -0.39 is 0 Å². The minimum atomic E-state index is -0.00165. The van der Waals surface area contributed by atoms with Gasteiger partial charge in [0.25, 0.3) is 0 Å². The number of aliphatic imine (C=N–C) groups is 1. The number of nitrogens with zero attached hydrogens (tertiary/aromatic N) is 2. The third-order valence-electron chi connectivity index (χ3n) is 5.12. The Morgan fingerprint density at radius 1 is 1.41 bits per heavy atom. The quantitative estimate of drug-likeness (QED) is 0.402. The molecule has 0 unspecified atom stereocenters. The lowest BCUT2D eigenvalue weighted by molar-refractivity contribution is 0.0355. The van der Waals surface area contributed by atoms with Gasteiger partial charge in [0.15, 0.2) is 5.17 Å². The van der Waals surface area contributed by atoms with Gasteiger partial charge >= 0.3 is 0 Å². The second-order valence-corrected chi connectivity index (χ2v) is 8.11. The van der Waals surface area contributed by atoms with Crippen LogP contribution in [0.4, 0.5) is 0 Å². The predicted molar refractivity (Wildman–Crippen MR) is 113 cm³/mol. The van der Waals surface area contributed by atoms with Crippen molar-refractivity contribution in [3.63, 3.8) is 0 Å². The topological polar surface area (TPSA) is 122 Å². The number of thioether (sulfide) groups is 1. The molecular formula is C19H26N6OS. The number of nitrogens with two attached hydrogens (primary N) is 1. The van der Waals surface area contributed by atoms with Gasteiger partial charge in [0.2, 0.25) is 0 Å². The lowest BCUT2D eigenvalue weighted by Crippen LogP contribution is -2.63. The number of phenolic OH excluding ortho intramolecular Hbond substituents is 1. The van der Waals surface area contributed by atoms with Crippen molar-refractivity contribution in [3.8, 4) is 5.75 Å². The highest BCUT2D eigenvalue weighted by Crippen LogP contribution is 2.38. The minimum Gasteiger partial charge on any atom is -0.507 e. The van der Waals surface area contributed by atoms with Gasteiger partial charge in [0.05, 0.1) is 0 Å². The Balaban J connectivity index is 1.62. The Morgan fingerprint density at radius 2 is 2.19 bits per heavy atom. The van der Waals surface area contributed by atoms with Crippen molar-refractivity contribution in [3.05, 3.63) is 35.5 Å². The van der Waals surface area contributed by atoms with E-state index in [4.69, 9.17) is 16.6 Å². The molecule has 7 nitrogen and oxygen atoms in total. The molecule has 0 amide bonds. The van der Waals surface area contributed by atoms with Gasteiger partial charge in [-0.1, -0.05) is 6.07 Å². The number of likely N-dealkylation sites (tertiary alicyclic amines) is 1. The number of benzene rings is 1. The van der Waals surface area contributed by atoms with Crippen molar-refractivity contribution in [2.75, 3.05) is 33.2 Å². The summed E-state index contributed by atoms with van der Waals surface area (Å²) in [6.45, 7) is 3.83. The molecule has 3 rings (SSSR count). The molecule has 1 aromatic rings. The summed E-state index contributed by atoms with van der Waals surface area (Å²) in [5, 5.41) is 30.9. The van der Waals surface area contributed by atoms with Crippen LogP contribution < -0.4 is 11.1 Å². The molecule has 0 aromatic heterocycles. The molecule has 0 atom stereocenters. The van der Waals surface area contributed by atoms with Crippen LogP contribution in [0.3, 0.4) is 0 Å². The molecule has 0 aliphatic carbocycles. The third-order valence-corrected chi connectivity index (χ3v) is 6.00. The molecule has 2 heterocycles. The summed E-state index contributed by atoms with van der Waals surface area (Å²) >= 11 is 1.07. The molecule has 2 aliphatic heterocycles. The summed E-state index contributed by atoms with van der Waals surface area (Å²) in [7, 11) is 1.65. The SMILES string of the molecule is CN=CC(=CN)c1ccc(C(=N)SC(=N)N2CC3(CCCNC3)C2)c(O)c1. The van der Waals surface area contributed by atoms with E-state index in [2.05, 4.69) is 10.3 Å². The van der Waals surface area contributed by atoms with E-state index in [9.17, 15) is 5.11 Å². The molecule has 2 fully saturated rings. The molecule has 0 radical (unpaired) electrons. The molecule has 8 heteroatoms. The van der Waals surface area contributed by atoms with Crippen LogP contribution >= 0.6 is 11.8 Å². The fourth-order valence-electron chi connectivity index (χ4n) is 3.68. The normalized spacial score (nSPS) is 19.3. The van der Waals surface area contributed by atoms with Crippen LogP contribution in [0.5, 0.6) is 5.75 Å². The fraction of sp³-hybridized carbons (Fsp3) is 0.421. The maximum absolute atomic E-state index is 10.3. The Kier molecular flexibility index (Phi) is 5.86. The van der Waals surface area contributed by atoms with Gasteiger partial charge in [-0.2, -0.15) is 0 Å². The number of hydrogen-bond acceptors (Lipinski definition) is 7. The highest BCUT2D eigenvalue weighted by Gasteiger charge is 2.44.